The Hall–Kier alpha value is -1.61. The van der Waals surface area contributed by atoms with Crippen LogP contribution in [0.3, 0.4) is 0 Å². The van der Waals surface area contributed by atoms with E-state index in [-0.39, 0.29) is 23.2 Å². The highest BCUT2D eigenvalue weighted by molar-refractivity contribution is 8.23. The van der Waals surface area contributed by atoms with Crippen LogP contribution >= 0.6 is 24.0 Å². The predicted octanol–water partition coefficient (Wildman–Crippen LogP) is 0.996. The highest BCUT2D eigenvalue weighted by Gasteiger charge is 2.30. The van der Waals surface area contributed by atoms with Crippen LogP contribution in [0.2, 0.25) is 0 Å². The maximum Gasteiger partial charge on any atom is 0.330 e. The van der Waals surface area contributed by atoms with Crippen LogP contribution in [0, 0.1) is 0 Å². The molecule has 0 amide bonds. The number of aromatic amines is 1. The molecule has 1 aliphatic rings. The Bertz CT molecular complexity index is 733. The SMILES string of the molecule is CCN(CC)C(=S)SCC(=O)c1c(N)n(C2CC2)c(=O)[nH]c1=O. The number of hydrogen-bond acceptors (Lipinski definition) is 6. The molecule has 1 aromatic heterocycles. The number of Topliss-reactive ketones (excluding diaryl/α,β-unsaturated/α-hetero) is 1. The van der Waals surface area contributed by atoms with Gasteiger partial charge in [-0.05, 0) is 26.7 Å². The number of hydrogen-bond donors (Lipinski definition) is 2. The van der Waals surface area contributed by atoms with Gasteiger partial charge in [-0.3, -0.25) is 19.1 Å². The van der Waals surface area contributed by atoms with Gasteiger partial charge in [0.25, 0.3) is 5.56 Å². The van der Waals surface area contributed by atoms with Crippen LogP contribution in [-0.4, -0.2) is 43.4 Å². The van der Waals surface area contributed by atoms with Crippen molar-refractivity contribution in [1.29, 1.82) is 0 Å². The summed E-state index contributed by atoms with van der Waals surface area (Å²) < 4.78 is 1.91. The number of nitrogens with one attached hydrogen (secondary N) is 1. The summed E-state index contributed by atoms with van der Waals surface area (Å²) in [5, 5.41) is 0. The fraction of sp³-hybridized carbons (Fsp3) is 0.571. The van der Waals surface area contributed by atoms with E-state index >= 15 is 0 Å². The lowest BCUT2D eigenvalue weighted by Gasteiger charge is -2.20. The number of carbonyl (C=O) groups is 1. The lowest BCUT2D eigenvalue weighted by Crippen LogP contribution is -2.36. The number of thioether (sulfide) groups is 1. The van der Waals surface area contributed by atoms with Gasteiger partial charge in [0.15, 0.2) is 5.78 Å². The second kappa shape index (κ2) is 7.31. The minimum absolute atomic E-state index is 0.0182. The fourth-order valence-corrected chi connectivity index (χ4v) is 3.58. The second-order valence-corrected chi connectivity index (χ2v) is 6.88. The van der Waals surface area contributed by atoms with Gasteiger partial charge in [-0.1, -0.05) is 24.0 Å². The first-order valence-electron chi connectivity index (χ1n) is 7.49. The molecule has 23 heavy (non-hydrogen) atoms. The van der Waals surface area contributed by atoms with Gasteiger partial charge in [0.05, 0.1) is 5.75 Å². The van der Waals surface area contributed by atoms with Crippen molar-refractivity contribution < 1.29 is 4.79 Å². The van der Waals surface area contributed by atoms with E-state index < -0.39 is 17.0 Å². The molecule has 1 saturated carbocycles. The molecule has 126 valence electrons. The molecular weight excluding hydrogens is 336 g/mol. The van der Waals surface area contributed by atoms with Crippen LogP contribution in [0.25, 0.3) is 0 Å². The number of nitrogens with zero attached hydrogens (tertiary/aromatic N) is 2. The molecule has 0 spiro atoms. The summed E-state index contributed by atoms with van der Waals surface area (Å²) in [5.74, 6) is -0.441. The van der Waals surface area contributed by atoms with Gasteiger partial charge in [0.1, 0.15) is 15.7 Å². The average molecular weight is 356 g/mol. The first-order valence-corrected chi connectivity index (χ1v) is 8.89. The van der Waals surface area contributed by atoms with Gasteiger partial charge in [-0.15, -0.1) is 0 Å². The molecule has 0 aromatic carbocycles. The van der Waals surface area contributed by atoms with E-state index in [0.29, 0.717) is 4.32 Å². The molecule has 1 aliphatic carbocycles. The minimum atomic E-state index is -0.733. The van der Waals surface area contributed by atoms with E-state index in [1.807, 2.05) is 18.7 Å². The lowest BCUT2D eigenvalue weighted by molar-refractivity contribution is 0.102. The summed E-state index contributed by atoms with van der Waals surface area (Å²) in [6, 6.07) is -0.0182. The zero-order chi connectivity index (χ0) is 17.1. The molecule has 0 atom stereocenters. The van der Waals surface area contributed by atoms with Crippen molar-refractivity contribution in [2.24, 2.45) is 0 Å². The molecule has 0 radical (unpaired) electrons. The van der Waals surface area contributed by atoms with Crippen molar-refractivity contribution in [2.75, 3.05) is 24.6 Å². The molecular formula is C14H20N4O3S2. The molecule has 0 saturated heterocycles. The van der Waals surface area contributed by atoms with Gasteiger partial charge in [0.2, 0.25) is 0 Å². The third kappa shape index (κ3) is 3.84. The zero-order valence-electron chi connectivity index (χ0n) is 13.1. The number of nitrogens with two attached hydrogens (primary N) is 1. The highest BCUT2D eigenvalue weighted by Crippen LogP contribution is 2.35. The topological polar surface area (TPSA) is 101 Å². The van der Waals surface area contributed by atoms with Crippen molar-refractivity contribution in [3.8, 4) is 0 Å². The Kier molecular flexibility index (Phi) is 5.64. The van der Waals surface area contributed by atoms with Gasteiger partial charge in [-0.2, -0.15) is 0 Å². The van der Waals surface area contributed by atoms with E-state index in [1.165, 1.54) is 16.3 Å². The maximum absolute atomic E-state index is 12.4. The molecule has 7 nitrogen and oxygen atoms in total. The predicted molar refractivity (Wildman–Crippen MR) is 96.3 cm³/mol. The van der Waals surface area contributed by atoms with E-state index in [9.17, 15) is 14.4 Å². The number of ketones is 1. The summed E-state index contributed by atoms with van der Waals surface area (Å²) in [7, 11) is 0. The van der Waals surface area contributed by atoms with Crippen molar-refractivity contribution in [3.05, 3.63) is 26.4 Å². The van der Waals surface area contributed by atoms with Crippen molar-refractivity contribution in [3.63, 3.8) is 0 Å². The largest absolute Gasteiger partial charge is 0.384 e. The molecule has 1 aromatic rings. The molecule has 9 heteroatoms. The number of H-pyrrole nitrogens is 1. The third-order valence-electron chi connectivity index (χ3n) is 3.72. The van der Waals surface area contributed by atoms with E-state index in [0.717, 1.165) is 25.9 Å². The van der Waals surface area contributed by atoms with Crippen LogP contribution in [0.1, 0.15) is 43.1 Å². The summed E-state index contributed by atoms with van der Waals surface area (Å²) in [5.41, 5.74) is 4.48. The quantitative estimate of drug-likeness (QED) is 0.579. The Morgan fingerprint density at radius 2 is 2.00 bits per heavy atom. The van der Waals surface area contributed by atoms with Crippen molar-refractivity contribution in [1.82, 2.24) is 14.5 Å². The van der Waals surface area contributed by atoms with Crippen LogP contribution < -0.4 is 17.0 Å². The van der Waals surface area contributed by atoms with E-state index in [4.69, 9.17) is 18.0 Å². The summed E-state index contributed by atoms with van der Waals surface area (Å²) in [6.07, 6.45) is 1.65. The number of carbonyl (C=O) groups excluding carboxylic acids is 1. The first-order chi connectivity index (χ1) is 10.9. The monoisotopic (exact) mass is 356 g/mol. The highest BCUT2D eigenvalue weighted by atomic mass is 32.2. The molecule has 1 heterocycles. The second-order valence-electron chi connectivity index (χ2n) is 5.27. The van der Waals surface area contributed by atoms with Gasteiger partial charge >= 0.3 is 5.69 Å². The fourth-order valence-electron chi connectivity index (χ4n) is 2.30. The molecule has 0 unspecified atom stereocenters. The van der Waals surface area contributed by atoms with Gasteiger partial charge in [-0.25, -0.2) is 4.79 Å². The molecule has 0 aliphatic heterocycles. The number of anilines is 1. The Balaban J connectivity index is 2.20. The van der Waals surface area contributed by atoms with Crippen LogP contribution in [0.4, 0.5) is 5.82 Å². The van der Waals surface area contributed by atoms with Gasteiger partial charge in [0, 0.05) is 19.1 Å². The Labute approximate surface area is 143 Å². The molecule has 2 rings (SSSR count). The number of rotatable bonds is 6. The number of nitrogen functional groups attached to an aromatic ring is 1. The van der Waals surface area contributed by atoms with Crippen molar-refractivity contribution >= 4 is 39.9 Å². The minimum Gasteiger partial charge on any atom is -0.384 e. The number of thiocarbonyl (C=S) groups is 1. The zero-order valence-corrected chi connectivity index (χ0v) is 14.8. The van der Waals surface area contributed by atoms with Crippen LogP contribution in [0.5, 0.6) is 0 Å². The summed E-state index contributed by atoms with van der Waals surface area (Å²) in [4.78, 5) is 40.3. The summed E-state index contributed by atoms with van der Waals surface area (Å²) in [6.45, 7) is 5.47. The first kappa shape index (κ1) is 17.7. The lowest BCUT2D eigenvalue weighted by atomic mass is 10.2. The molecule has 3 N–H and O–H groups in total. The van der Waals surface area contributed by atoms with Crippen LogP contribution in [0.15, 0.2) is 9.59 Å². The number of aromatic nitrogens is 2. The van der Waals surface area contributed by atoms with E-state index in [2.05, 4.69) is 4.98 Å². The van der Waals surface area contributed by atoms with Crippen molar-refractivity contribution in [2.45, 2.75) is 32.7 Å². The maximum atomic E-state index is 12.4. The van der Waals surface area contributed by atoms with E-state index in [1.54, 1.807) is 0 Å². The summed E-state index contributed by atoms with van der Waals surface area (Å²) >= 11 is 6.47. The smallest absolute Gasteiger partial charge is 0.330 e. The average Bonchev–Trinajstić information content (AvgIpc) is 3.30. The molecule has 1 fully saturated rings. The Morgan fingerprint density at radius 3 is 2.52 bits per heavy atom. The standard InChI is InChI=1S/C14H20N4O3S2/c1-3-17(4-2)14(22)23-7-9(19)10-11(15)18(8-5-6-8)13(21)16-12(10)20/h8H,3-7,15H2,1-2H3,(H,16,20,21). The third-order valence-corrected chi connectivity index (χ3v) is 5.24. The Morgan fingerprint density at radius 1 is 1.39 bits per heavy atom. The van der Waals surface area contributed by atoms with Gasteiger partial charge < -0.3 is 10.6 Å². The van der Waals surface area contributed by atoms with Crippen LogP contribution in [-0.2, 0) is 0 Å². The molecule has 0 bridgehead atoms. The normalized spacial score (nSPS) is 13.8.